The number of sulfonamides is 1. The Hall–Kier alpha value is -2.69. The van der Waals surface area contributed by atoms with Crippen molar-refractivity contribution in [1.82, 2.24) is 14.1 Å². The molecule has 2 aliphatic rings. The SMILES string of the molecule is CSc1ccc(S(=O)(=O)N2CCN(C(c3ccccc3)c3ccccc3)CC2)cc1C(=O)N1CCOCC1. The summed E-state index contributed by atoms with van der Waals surface area (Å²) in [6.45, 7) is 3.99. The molecule has 3 aromatic rings. The van der Waals surface area contributed by atoms with Gasteiger partial charge in [0.2, 0.25) is 10.0 Å². The minimum Gasteiger partial charge on any atom is -0.378 e. The molecule has 0 bridgehead atoms. The van der Waals surface area contributed by atoms with Gasteiger partial charge in [0, 0.05) is 44.2 Å². The monoisotopic (exact) mass is 551 g/mol. The molecule has 9 heteroatoms. The molecule has 0 aliphatic carbocycles. The van der Waals surface area contributed by atoms with Crippen LogP contribution in [0.25, 0.3) is 0 Å². The second kappa shape index (κ2) is 12.0. The fourth-order valence-electron chi connectivity index (χ4n) is 5.19. The molecule has 38 heavy (non-hydrogen) atoms. The van der Waals surface area contributed by atoms with Crippen LogP contribution in [-0.2, 0) is 14.8 Å². The Morgan fingerprint density at radius 3 is 1.95 bits per heavy atom. The van der Waals surface area contributed by atoms with E-state index in [4.69, 9.17) is 4.74 Å². The van der Waals surface area contributed by atoms with E-state index < -0.39 is 10.0 Å². The van der Waals surface area contributed by atoms with Crippen LogP contribution in [0.2, 0.25) is 0 Å². The number of benzene rings is 3. The summed E-state index contributed by atoms with van der Waals surface area (Å²) in [5.74, 6) is -0.145. The second-order valence-electron chi connectivity index (χ2n) is 9.43. The minimum atomic E-state index is -3.75. The van der Waals surface area contributed by atoms with Crippen molar-refractivity contribution in [3.05, 3.63) is 95.6 Å². The first-order chi connectivity index (χ1) is 18.5. The highest BCUT2D eigenvalue weighted by molar-refractivity contribution is 7.98. The Kier molecular flexibility index (Phi) is 8.50. The highest BCUT2D eigenvalue weighted by Gasteiger charge is 2.33. The number of piperazine rings is 1. The van der Waals surface area contributed by atoms with Crippen LogP contribution in [0.15, 0.2) is 88.7 Å². The van der Waals surface area contributed by atoms with Crippen molar-refractivity contribution in [3.63, 3.8) is 0 Å². The van der Waals surface area contributed by atoms with Crippen molar-refractivity contribution in [2.75, 3.05) is 58.7 Å². The van der Waals surface area contributed by atoms with Gasteiger partial charge in [0.1, 0.15) is 0 Å². The number of morpholine rings is 1. The summed E-state index contributed by atoms with van der Waals surface area (Å²) in [5, 5.41) is 0. The molecule has 0 saturated carbocycles. The van der Waals surface area contributed by atoms with Gasteiger partial charge in [-0.05, 0) is 35.6 Å². The van der Waals surface area contributed by atoms with Gasteiger partial charge in [-0.2, -0.15) is 4.31 Å². The lowest BCUT2D eigenvalue weighted by Gasteiger charge is -2.39. The van der Waals surface area contributed by atoms with Crippen LogP contribution in [0.4, 0.5) is 0 Å². The highest BCUT2D eigenvalue weighted by Crippen LogP contribution is 2.31. The largest absolute Gasteiger partial charge is 0.378 e. The number of thioether (sulfide) groups is 1. The molecule has 2 saturated heterocycles. The van der Waals surface area contributed by atoms with Crippen LogP contribution in [-0.4, -0.2) is 87.2 Å². The zero-order valence-electron chi connectivity index (χ0n) is 21.5. The summed E-state index contributed by atoms with van der Waals surface area (Å²) in [7, 11) is -3.75. The van der Waals surface area contributed by atoms with E-state index in [-0.39, 0.29) is 16.8 Å². The van der Waals surface area contributed by atoms with Crippen LogP contribution in [0.3, 0.4) is 0 Å². The van der Waals surface area contributed by atoms with Crippen molar-refractivity contribution in [1.29, 1.82) is 0 Å². The van der Waals surface area contributed by atoms with Crippen LogP contribution in [0, 0.1) is 0 Å². The molecule has 7 nitrogen and oxygen atoms in total. The average molecular weight is 552 g/mol. The lowest BCUT2D eigenvalue weighted by atomic mass is 9.96. The van der Waals surface area contributed by atoms with Gasteiger partial charge in [-0.25, -0.2) is 8.42 Å². The normalized spacial score (nSPS) is 17.6. The molecule has 0 N–H and O–H groups in total. The van der Waals surface area contributed by atoms with Gasteiger partial charge in [-0.3, -0.25) is 9.69 Å². The average Bonchev–Trinajstić information content (AvgIpc) is 2.98. The zero-order chi connectivity index (χ0) is 26.5. The lowest BCUT2D eigenvalue weighted by Crippen LogP contribution is -2.49. The molecule has 0 unspecified atom stereocenters. The molecule has 5 rings (SSSR count). The smallest absolute Gasteiger partial charge is 0.255 e. The third kappa shape index (κ3) is 5.67. The summed E-state index contributed by atoms with van der Waals surface area (Å²) in [4.78, 5) is 18.3. The van der Waals surface area contributed by atoms with Gasteiger partial charge in [0.25, 0.3) is 5.91 Å². The molecule has 1 amide bonds. The predicted octanol–water partition coefficient (Wildman–Crippen LogP) is 3.98. The topological polar surface area (TPSA) is 70.2 Å². The summed E-state index contributed by atoms with van der Waals surface area (Å²) in [5.41, 5.74) is 2.81. The van der Waals surface area contributed by atoms with E-state index in [2.05, 4.69) is 29.2 Å². The molecular weight excluding hydrogens is 518 g/mol. The first-order valence-corrected chi connectivity index (χ1v) is 15.5. The fourth-order valence-corrected chi connectivity index (χ4v) is 7.21. The van der Waals surface area contributed by atoms with Gasteiger partial charge in [0.05, 0.1) is 29.7 Å². The van der Waals surface area contributed by atoms with Crippen LogP contribution in [0.1, 0.15) is 27.5 Å². The van der Waals surface area contributed by atoms with E-state index in [1.165, 1.54) is 22.9 Å². The molecule has 2 fully saturated rings. The Balaban J connectivity index is 1.36. The molecule has 3 aromatic carbocycles. The van der Waals surface area contributed by atoms with Crippen molar-refractivity contribution < 1.29 is 17.9 Å². The third-order valence-electron chi connectivity index (χ3n) is 7.21. The number of carbonyl (C=O) groups excluding carboxylic acids is 1. The maximum Gasteiger partial charge on any atom is 0.255 e. The number of hydrogen-bond acceptors (Lipinski definition) is 6. The van der Waals surface area contributed by atoms with Crippen molar-refractivity contribution >= 4 is 27.7 Å². The van der Waals surface area contributed by atoms with Gasteiger partial charge in [-0.1, -0.05) is 60.7 Å². The molecule has 200 valence electrons. The van der Waals surface area contributed by atoms with E-state index in [0.29, 0.717) is 58.0 Å². The molecule has 0 radical (unpaired) electrons. The van der Waals surface area contributed by atoms with Crippen LogP contribution < -0.4 is 0 Å². The predicted molar refractivity (Wildman–Crippen MR) is 150 cm³/mol. The van der Waals surface area contributed by atoms with Crippen LogP contribution >= 0.6 is 11.8 Å². The Bertz CT molecular complexity index is 1300. The van der Waals surface area contributed by atoms with Gasteiger partial charge < -0.3 is 9.64 Å². The first kappa shape index (κ1) is 26.9. The van der Waals surface area contributed by atoms with Crippen molar-refractivity contribution in [3.8, 4) is 0 Å². The molecule has 2 heterocycles. The minimum absolute atomic E-state index is 0.0564. The fraction of sp³-hybridized carbons (Fsp3) is 0.345. The maximum absolute atomic E-state index is 13.7. The second-order valence-corrected chi connectivity index (χ2v) is 12.2. The Morgan fingerprint density at radius 1 is 0.816 bits per heavy atom. The molecular formula is C29H33N3O4S2. The Labute approximate surface area is 229 Å². The Morgan fingerprint density at radius 2 is 1.39 bits per heavy atom. The number of amides is 1. The third-order valence-corrected chi connectivity index (χ3v) is 9.90. The number of carbonyl (C=O) groups is 1. The first-order valence-electron chi connectivity index (χ1n) is 12.9. The molecule has 0 atom stereocenters. The summed E-state index contributed by atoms with van der Waals surface area (Å²) in [6, 6.07) is 25.7. The van der Waals surface area contributed by atoms with E-state index >= 15 is 0 Å². The maximum atomic E-state index is 13.7. The highest BCUT2D eigenvalue weighted by atomic mass is 32.2. The summed E-state index contributed by atoms with van der Waals surface area (Å²) in [6.07, 6.45) is 1.90. The van der Waals surface area contributed by atoms with Crippen LogP contribution in [0.5, 0.6) is 0 Å². The number of ether oxygens (including phenoxy) is 1. The number of hydrogen-bond donors (Lipinski definition) is 0. The van der Waals surface area contributed by atoms with Crippen molar-refractivity contribution in [2.24, 2.45) is 0 Å². The van der Waals surface area contributed by atoms with Gasteiger partial charge >= 0.3 is 0 Å². The molecule has 0 spiro atoms. The zero-order valence-corrected chi connectivity index (χ0v) is 23.2. The molecule has 2 aliphatic heterocycles. The van der Waals surface area contributed by atoms with E-state index in [0.717, 1.165) is 4.90 Å². The van der Waals surface area contributed by atoms with Crippen molar-refractivity contribution in [2.45, 2.75) is 15.8 Å². The van der Waals surface area contributed by atoms with E-state index in [1.807, 2.05) is 42.7 Å². The lowest BCUT2D eigenvalue weighted by molar-refractivity contribution is 0.0300. The number of nitrogens with zero attached hydrogens (tertiary/aromatic N) is 3. The summed E-state index contributed by atoms with van der Waals surface area (Å²) >= 11 is 1.45. The summed E-state index contributed by atoms with van der Waals surface area (Å²) < 4.78 is 34.3. The van der Waals surface area contributed by atoms with E-state index in [1.54, 1.807) is 27.4 Å². The molecule has 0 aromatic heterocycles. The quantitative estimate of drug-likeness (QED) is 0.414. The standard InChI is InChI=1S/C29H33N3O4S2/c1-37-27-13-12-25(22-26(27)29(33)31-18-20-36-21-19-31)38(34,35)32-16-14-30(15-17-32)28(23-8-4-2-5-9-23)24-10-6-3-7-11-24/h2-13,22,28H,14-21H2,1H3. The number of rotatable bonds is 7. The van der Waals surface area contributed by atoms with Gasteiger partial charge in [0.15, 0.2) is 0 Å². The van der Waals surface area contributed by atoms with Gasteiger partial charge in [-0.15, -0.1) is 11.8 Å². The van der Waals surface area contributed by atoms with E-state index in [9.17, 15) is 13.2 Å².